The highest BCUT2D eigenvalue weighted by molar-refractivity contribution is 6.01. The van der Waals surface area contributed by atoms with Crippen molar-refractivity contribution in [3.05, 3.63) is 83.2 Å². The van der Waals surface area contributed by atoms with Gasteiger partial charge in [0.1, 0.15) is 5.92 Å². The van der Waals surface area contributed by atoms with E-state index < -0.39 is 11.8 Å². The van der Waals surface area contributed by atoms with Crippen LogP contribution in [-0.4, -0.2) is 25.2 Å². The molecule has 1 aliphatic carbocycles. The van der Waals surface area contributed by atoms with Crippen LogP contribution in [0.25, 0.3) is 0 Å². The molecule has 1 N–H and O–H groups in total. The molecule has 0 saturated heterocycles. The summed E-state index contributed by atoms with van der Waals surface area (Å²) in [4.78, 5) is 26.9. The minimum Gasteiger partial charge on any atom is -0.465 e. The molecule has 176 valence electrons. The summed E-state index contributed by atoms with van der Waals surface area (Å²) in [5.74, 6) is 0.00686. The first-order valence-corrected chi connectivity index (χ1v) is 11.8. The summed E-state index contributed by atoms with van der Waals surface area (Å²) in [6.07, 6.45) is 1.07. The van der Waals surface area contributed by atoms with Gasteiger partial charge < -0.3 is 19.5 Å². The summed E-state index contributed by atoms with van der Waals surface area (Å²) in [5.41, 5.74) is 3.98. The Morgan fingerprint density at radius 1 is 1.09 bits per heavy atom. The molecule has 0 saturated carbocycles. The Kier molecular flexibility index (Phi) is 5.90. The number of fused-ring (bicyclic) bond motifs is 1. The summed E-state index contributed by atoms with van der Waals surface area (Å²) in [5, 5.41) is 3.33. The second-order valence-corrected chi connectivity index (χ2v) is 9.57. The number of hydrogen-bond acceptors (Lipinski definition) is 6. The van der Waals surface area contributed by atoms with Crippen LogP contribution in [0.5, 0.6) is 11.5 Å². The Balaban J connectivity index is 1.57. The fourth-order valence-electron chi connectivity index (χ4n) is 5.09. The molecular weight excluding hydrogens is 430 g/mol. The molecule has 3 aliphatic rings. The first-order chi connectivity index (χ1) is 16.4. The highest BCUT2D eigenvalue weighted by Gasteiger charge is 2.45. The van der Waals surface area contributed by atoms with Crippen LogP contribution < -0.4 is 14.8 Å². The Hall–Kier alpha value is -3.54. The standard InChI is InChI=1S/C28H29NO5/c1-16(2)14-32-28(31)25-17(3)29-21-11-20(18-7-5-4-6-8-18)12-22(30)27(21)26(25)19-9-10-23-24(13-19)34-15-33-23/h4-10,13,16,20,25-26,29H,3,11-12,14-15H2,1-2H3. The Morgan fingerprint density at radius 3 is 2.62 bits per heavy atom. The lowest BCUT2D eigenvalue weighted by Crippen LogP contribution is -2.42. The summed E-state index contributed by atoms with van der Waals surface area (Å²) in [6.45, 7) is 8.64. The molecule has 5 rings (SSSR count). The number of hydrogen-bond donors (Lipinski definition) is 1. The summed E-state index contributed by atoms with van der Waals surface area (Å²) >= 11 is 0. The molecule has 3 unspecified atom stereocenters. The maximum absolute atomic E-state index is 13.6. The highest BCUT2D eigenvalue weighted by atomic mass is 16.7. The van der Waals surface area contributed by atoms with Gasteiger partial charge in [0.25, 0.3) is 0 Å². The maximum atomic E-state index is 13.6. The monoisotopic (exact) mass is 459 g/mol. The predicted molar refractivity (Wildman–Crippen MR) is 127 cm³/mol. The number of Topliss-reactive ketones (excluding diaryl/α,β-unsaturated/α-hetero) is 1. The molecule has 2 heterocycles. The Bertz CT molecular complexity index is 1170. The summed E-state index contributed by atoms with van der Waals surface area (Å²) in [6, 6.07) is 15.7. The summed E-state index contributed by atoms with van der Waals surface area (Å²) in [7, 11) is 0. The molecule has 34 heavy (non-hydrogen) atoms. The highest BCUT2D eigenvalue weighted by Crippen LogP contribution is 2.48. The van der Waals surface area contributed by atoms with Crippen LogP contribution in [0.4, 0.5) is 0 Å². The van der Waals surface area contributed by atoms with Gasteiger partial charge in [-0.15, -0.1) is 0 Å². The molecule has 2 aromatic rings. The third kappa shape index (κ3) is 4.09. The molecule has 0 spiro atoms. The van der Waals surface area contributed by atoms with Crippen molar-refractivity contribution < 1.29 is 23.8 Å². The van der Waals surface area contributed by atoms with Crippen LogP contribution >= 0.6 is 0 Å². The minimum absolute atomic E-state index is 0.0411. The number of ketones is 1. The first-order valence-electron chi connectivity index (χ1n) is 11.8. The fraction of sp³-hybridized carbons (Fsp3) is 0.357. The van der Waals surface area contributed by atoms with Crippen LogP contribution in [0.2, 0.25) is 0 Å². The topological polar surface area (TPSA) is 73.9 Å². The Morgan fingerprint density at radius 2 is 1.85 bits per heavy atom. The quantitative estimate of drug-likeness (QED) is 0.646. The fourth-order valence-corrected chi connectivity index (χ4v) is 5.09. The van der Waals surface area contributed by atoms with Gasteiger partial charge in [-0.2, -0.15) is 0 Å². The van der Waals surface area contributed by atoms with Crippen molar-refractivity contribution in [3.63, 3.8) is 0 Å². The van der Waals surface area contributed by atoms with E-state index in [0.29, 0.717) is 42.2 Å². The molecule has 3 atom stereocenters. The molecule has 0 radical (unpaired) electrons. The number of allylic oxidation sites excluding steroid dienone is 2. The zero-order valence-electron chi connectivity index (χ0n) is 19.5. The second-order valence-electron chi connectivity index (χ2n) is 9.57. The summed E-state index contributed by atoms with van der Waals surface area (Å²) < 4.78 is 16.7. The third-order valence-electron chi connectivity index (χ3n) is 6.68. The van der Waals surface area contributed by atoms with Gasteiger partial charge in [0, 0.05) is 29.3 Å². The van der Waals surface area contributed by atoms with Crippen molar-refractivity contribution in [1.29, 1.82) is 0 Å². The number of esters is 1. The number of carbonyl (C=O) groups is 2. The van der Waals surface area contributed by atoms with Gasteiger partial charge in [-0.25, -0.2) is 0 Å². The van der Waals surface area contributed by atoms with E-state index in [1.807, 2.05) is 50.2 Å². The van der Waals surface area contributed by atoms with Crippen molar-refractivity contribution >= 4 is 11.8 Å². The van der Waals surface area contributed by atoms with Gasteiger partial charge in [-0.3, -0.25) is 9.59 Å². The van der Waals surface area contributed by atoms with Crippen molar-refractivity contribution in [1.82, 2.24) is 5.32 Å². The average molecular weight is 460 g/mol. The molecule has 0 amide bonds. The largest absolute Gasteiger partial charge is 0.465 e. The number of ether oxygens (including phenoxy) is 3. The minimum atomic E-state index is -0.713. The van der Waals surface area contributed by atoms with E-state index in [4.69, 9.17) is 14.2 Å². The molecule has 0 aromatic heterocycles. The zero-order valence-corrected chi connectivity index (χ0v) is 19.5. The molecule has 0 bridgehead atoms. The van der Waals surface area contributed by atoms with E-state index in [0.717, 1.165) is 16.8 Å². The molecule has 6 heteroatoms. The number of benzene rings is 2. The molecule has 2 aliphatic heterocycles. The van der Waals surface area contributed by atoms with Crippen LogP contribution in [-0.2, 0) is 14.3 Å². The van der Waals surface area contributed by atoms with Crippen molar-refractivity contribution in [2.24, 2.45) is 11.8 Å². The molecule has 0 fully saturated rings. The molecular formula is C28H29NO5. The normalized spacial score (nSPS) is 23.6. The van der Waals surface area contributed by atoms with Crippen LogP contribution in [0, 0.1) is 11.8 Å². The number of carbonyl (C=O) groups excluding carboxylic acids is 2. The van der Waals surface area contributed by atoms with E-state index in [-0.39, 0.29) is 30.4 Å². The number of rotatable bonds is 5. The van der Waals surface area contributed by atoms with E-state index in [1.54, 1.807) is 0 Å². The predicted octanol–water partition coefficient (Wildman–Crippen LogP) is 4.83. The molecule has 2 aromatic carbocycles. The van der Waals surface area contributed by atoms with Crippen LogP contribution in [0.3, 0.4) is 0 Å². The van der Waals surface area contributed by atoms with Gasteiger partial charge in [0.05, 0.1) is 6.61 Å². The maximum Gasteiger partial charge on any atom is 0.315 e. The van der Waals surface area contributed by atoms with E-state index in [9.17, 15) is 9.59 Å². The van der Waals surface area contributed by atoms with Crippen LogP contribution in [0.15, 0.2) is 72.1 Å². The van der Waals surface area contributed by atoms with E-state index in [1.165, 1.54) is 0 Å². The van der Waals surface area contributed by atoms with E-state index in [2.05, 4.69) is 24.0 Å². The van der Waals surface area contributed by atoms with E-state index >= 15 is 0 Å². The Labute approximate surface area is 199 Å². The second kappa shape index (κ2) is 9.01. The van der Waals surface area contributed by atoms with Gasteiger partial charge in [0.15, 0.2) is 17.3 Å². The SMILES string of the molecule is C=C1NC2=C(C(=O)CC(c3ccccc3)C2)C(c2ccc3c(c2)OCO3)C1C(=O)OCC(C)C. The van der Waals surface area contributed by atoms with Gasteiger partial charge >= 0.3 is 5.97 Å². The first kappa shape index (κ1) is 22.3. The third-order valence-corrected chi connectivity index (χ3v) is 6.68. The van der Waals surface area contributed by atoms with Crippen molar-refractivity contribution in [2.45, 2.75) is 38.5 Å². The lowest BCUT2D eigenvalue weighted by atomic mass is 9.69. The van der Waals surface area contributed by atoms with Gasteiger partial charge in [-0.05, 0) is 41.5 Å². The van der Waals surface area contributed by atoms with Crippen LogP contribution in [0.1, 0.15) is 49.7 Å². The lowest BCUT2D eigenvalue weighted by molar-refractivity contribution is -0.149. The zero-order chi connectivity index (χ0) is 23.8. The smallest absolute Gasteiger partial charge is 0.315 e. The van der Waals surface area contributed by atoms with Gasteiger partial charge in [-0.1, -0.05) is 56.8 Å². The van der Waals surface area contributed by atoms with Gasteiger partial charge in [0.2, 0.25) is 6.79 Å². The van der Waals surface area contributed by atoms with Crippen molar-refractivity contribution in [3.8, 4) is 11.5 Å². The number of nitrogens with one attached hydrogen (secondary N) is 1. The molecule has 6 nitrogen and oxygen atoms in total. The average Bonchev–Trinajstić information content (AvgIpc) is 3.30. The van der Waals surface area contributed by atoms with Crippen molar-refractivity contribution in [2.75, 3.05) is 13.4 Å². The lowest BCUT2D eigenvalue weighted by Gasteiger charge is -2.40.